The van der Waals surface area contributed by atoms with E-state index < -0.39 is 6.43 Å². The summed E-state index contributed by atoms with van der Waals surface area (Å²) in [4.78, 5) is 26.9. The number of nitrogens with zero attached hydrogens (tertiary/aromatic N) is 6. The molecule has 0 spiro atoms. The lowest BCUT2D eigenvalue weighted by Gasteiger charge is -2.37. The van der Waals surface area contributed by atoms with Crippen LogP contribution in [-0.4, -0.2) is 62.7 Å². The molecule has 164 valence electrons. The fraction of sp³-hybridized carbons (Fsp3) is 0.450. The van der Waals surface area contributed by atoms with Gasteiger partial charge in [-0.25, -0.2) is 18.3 Å². The van der Waals surface area contributed by atoms with Crippen LogP contribution >= 0.6 is 0 Å². The molecule has 31 heavy (non-hydrogen) atoms. The molecule has 0 N–H and O–H groups in total. The first-order valence-corrected chi connectivity index (χ1v) is 9.79. The summed E-state index contributed by atoms with van der Waals surface area (Å²) in [6.45, 7) is 2.92. The third-order valence-corrected chi connectivity index (χ3v) is 5.59. The zero-order chi connectivity index (χ0) is 22.1. The number of piperidine rings is 1. The topological polar surface area (TPSA) is 94.7 Å². The molecule has 4 heterocycles. The number of methoxy groups -OCH3 is 2. The molecular formula is C20H22F2N6O3. The van der Waals surface area contributed by atoms with Crippen LogP contribution in [0.3, 0.4) is 0 Å². The maximum absolute atomic E-state index is 13.4. The zero-order valence-corrected chi connectivity index (χ0v) is 17.3. The van der Waals surface area contributed by atoms with Crippen molar-refractivity contribution in [3.05, 3.63) is 41.5 Å². The molecule has 3 aromatic heterocycles. The number of pyridine rings is 1. The van der Waals surface area contributed by atoms with Crippen LogP contribution in [0.5, 0.6) is 11.8 Å². The first kappa shape index (κ1) is 20.9. The highest BCUT2D eigenvalue weighted by molar-refractivity contribution is 5.95. The normalized spacial score (nSPS) is 19.1. The molecule has 11 heteroatoms. The molecule has 1 amide bonds. The van der Waals surface area contributed by atoms with Gasteiger partial charge >= 0.3 is 0 Å². The lowest BCUT2D eigenvalue weighted by molar-refractivity contribution is 0.0664. The van der Waals surface area contributed by atoms with Crippen LogP contribution < -0.4 is 9.47 Å². The van der Waals surface area contributed by atoms with Gasteiger partial charge in [0.1, 0.15) is 12.0 Å². The van der Waals surface area contributed by atoms with E-state index in [2.05, 4.69) is 20.1 Å². The molecule has 1 aliphatic heterocycles. The van der Waals surface area contributed by atoms with Crippen molar-refractivity contribution < 1.29 is 23.0 Å². The number of carbonyl (C=O) groups is 1. The molecule has 0 bridgehead atoms. The van der Waals surface area contributed by atoms with E-state index in [9.17, 15) is 13.6 Å². The van der Waals surface area contributed by atoms with E-state index in [1.165, 1.54) is 31.1 Å². The van der Waals surface area contributed by atoms with Gasteiger partial charge in [-0.1, -0.05) is 6.92 Å². The Labute approximate surface area is 177 Å². The number of halogens is 2. The quantitative estimate of drug-likeness (QED) is 0.612. The van der Waals surface area contributed by atoms with E-state index >= 15 is 0 Å². The minimum Gasteiger partial charge on any atom is -0.481 e. The average molecular weight is 432 g/mol. The molecule has 1 aliphatic rings. The number of amides is 1. The number of likely N-dealkylation sites (tertiary alicyclic amines) is 1. The smallest absolute Gasteiger partial charge is 0.280 e. The Balaban J connectivity index is 1.67. The molecule has 0 unspecified atom stereocenters. The maximum Gasteiger partial charge on any atom is 0.280 e. The molecule has 0 aromatic carbocycles. The third-order valence-electron chi connectivity index (χ3n) is 5.59. The van der Waals surface area contributed by atoms with Crippen LogP contribution in [0.2, 0.25) is 0 Å². The number of aromatic nitrogens is 5. The molecule has 3 aromatic rings. The number of hydrogen-bond donors (Lipinski definition) is 0. The van der Waals surface area contributed by atoms with Crippen molar-refractivity contribution in [2.45, 2.75) is 25.7 Å². The monoisotopic (exact) mass is 432 g/mol. The van der Waals surface area contributed by atoms with Crippen LogP contribution in [0.1, 0.15) is 47.4 Å². The van der Waals surface area contributed by atoms with E-state index in [-0.39, 0.29) is 41.0 Å². The van der Waals surface area contributed by atoms with Crippen molar-refractivity contribution in [1.82, 2.24) is 29.5 Å². The zero-order valence-electron chi connectivity index (χ0n) is 17.3. The Kier molecular flexibility index (Phi) is 5.66. The molecule has 0 saturated carbocycles. The minimum atomic E-state index is -2.73. The molecule has 0 radical (unpaired) electrons. The highest BCUT2D eigenvalue weighted by atomic mass is 19.3. The molecule has 1 saturated heterocycles. The molecule has 9 nitrogen and oxygen atoms in total. The molecule has 2 atom stereocenters. The van der Waals surface area contributed by atoms with Gasteiger partial charge < -0.3 is 14.4 Å². The Bertz CT molecular complexity index is 1080. The maximum atomic E-state index is 13.4. The Morgan fingerprint density at radius 3 is 2.52 bits per heavy atom. The molecular weight excluding hydrogens is 410 g/mol. The highest BCUT2D eigenvalue weighted by Gasteiger charge is 2.33. The van der Waals surface area contributed by atoms with Gasteiger partial charge in [0.25, 0.3) is 18.1 Å². The summed E-state index contributed by atoms with van der Waals surface area (Å²) in [6, 6.07) is 4.46. The number of carbonyl (C=O) groups excluding carboxylic acids is 1. The van der Waals surface area contributed by atoms with E-state index in [0.29, 0.717) is 30.8 Å². The summed E-state index contributed by atoms with van der Waals surface area (Å²) in [5.41, 5.74) is 0.591. The van der Waals surface area contributed by atoms with E-state index in [1.54, 1.807) is 17.0 Å². The molecule has 1 fully saturated rings. The van der Waals surface area contributed by atoms with Crippen LogP contribution in [0, 0.1) is 5.92 Å². The average Bonchev–Trinajstić information content (AvgIpc) is 3.26. The lowest BCUT2D eigenvalue weighted by atomic mass is 9.84. The van der Waals surface area contributed by atoms with Crippen LogP contribution in [-0.2, 0) is 0 Å². The van der Waals surface area contributed by atoms with Crippen molar-refractivity contribution in [3.63, 3.8) is 0 Å². The predicted octanol–water partition coefficient (Wildman–Crippen LogP) is 2.74. The van der Waals surface area contributed by atoms with Crippen molar-refractivity contribution >= 4 is 11.7 Å². The standard InChI is InChI=1S/C20H22F2N6O3/c1-11-4-5-27(19(29)12-6-16(30-2)26-17(7-12)31-3)9-13(11)15-8-14(18(21)22)25-20-23-10-24-28(15)20/h6-8,10-11,13,18H,4-5,9H2,1-3H3/t11-,13-/m1/s1. The predicted molar refractivity (Wildman–Crippen MR) is 106 cm³/mol. The Morgan fingerprint density at radius 2 is 1.87 bits per heavy atom. The first-order valence-electron chi connectivity index (χ1n) is 9.79. The summed E-state index contributed by atoms with van der Waals surface area (Å²) in [5.74, 6) is 0.370. The second kappa shape index (κ2) is 8.40. The van der Waals surface area contributed by atoms with Crippen LogP contribution in [0.15, 0.2) is 24.5 Å². The van der Waals surface area contributed by atoms with Gasteiger partial charge in [0.15, 0.2) is 0 Å². The largest absolute Gasteiger partial charge is 0.481 e. The molecule has 0 aliphatic carbocycles. The van der Waals surface area contributed by atoms with Gasteiger partial charge in [0.2, 0.25) is 11.8 Å². The van der Waals surface area contributed by atoms with Gasteiger partial charge in [0.05, 0.1) is 25.5 Å². The summed E-state index contributed by atoms with van der Waals surface area (Å²) in [5, 5.41) is 4.16. The molecule has 4 rings (SSSR count). The number of ether oxygens (including phenoxy) is 2. The third kappa shape index (κ3) is 3.99. The number of rotatable bonds is 5. The summed E-state index contributed by atoms with van der Waals surface area (Å²) < 4.78 is 38.6. The fourth-order valence-corrected chi connectivity index (χ4v) is 3.86. The van der Waals surface area contributed by atoms with Crippen molar-refractivity contribution in [2.75, 3.05) is 27.3 Å². The van der Waals surface area contributed by atoms with Gasteiger partial charge in [-0.2, -0.15) is 15.1 Å². The van der Waals surface area contributed by atoms with Gasteiger partial charge in [0, 0.05) is 31.1 Å². The SMILES string of the molecule is COc1cc(C(=O)N2CC[C@@H](C)[C@H](c3cc(C(F)F)nc4ncnn34)C2)cc(OC)n1. The van der Waals surface area contributed by atoms with Crippen LogP contribution in [0.25, 0.3) is 5.78 Å². The summed E-state index contributed by atoms with van der Waals surface area (Å²) in [7, 11) is 2.92. The number of alkyl halides is 2. The number of hydrogen-bond acceptors (Lipinski definition) is 7. The highest BCUT2D eigenvalue weighted by Crippen LogP contribution is 2.34. The van der Waals surface area contributed by atoms with Crippen molar-refractivity contribution in [2.24, 2.45) is 5.92 Å². The van der Waals surface area contributed by atoms with E-state index in [0.717, 1.165) is 0 Å². The second-order valence-corrected chi connectivity index (χ2v) is 7.44. The van der Waals surface area contributed by atoms with E-state index in [4.69, 9.17) is 9.47 Å². The second-order valence-electron chi connectivity index (χ2n) is 7.44. The van der Waals surface area contributed by atoms with E-state index in [1.807, 2.05) is 6.92 Å². The van der Waals surface area contributed by atoms with Gasteiger partial charge in [-0.3, -0.25) is 4.79 Å². The first-order chi connectivity index (χ1) is 14.9. The van der Waals surface area contributed by atoms with Gasteiger partial charge in [-0.15, -0.1) is 0 Å². The lowest BCUT2D eigenvalue weighted by Crippen LogP contribution is -2.42. The van der Waals surface area contributed by atoms with Gasteiger partial charge in [-0.05, 0) is 18.4 Å². The fourth-order valence-electron chi connectivity index (χ4n) is 3.86. The van der Waals surface area contributed by atoms with Crippen molar-refractivity contribution in [1.29, 1.82) is 0 Å². The Hall–Kier alpha value is -3.37. The number of fused-ring (bicyclic) bond motifs is 1. The summed E-state index contributed by atoms with van der Waals surface area (Å²) >= 11 is 0. The summed E-state index contributed by atoms with van der Waals surface area (Å²) in [6.07, 6.45) is -0.737. The minimum absolute atomic E-state index is 0.118. The van der Waals surface area contributed by atoms with Crippen molar-refractivity contribution in [3.8, 4) is 11.8 Å². The van der Waals surface area contributed by atoms with Crippen LogP contribution in [0.4, 0.5) is 8.78 Å². The Morgan fingerprint density at radius 1 is 1.16 bits per heavy atom.